The Morgan fingerprint density at radius 2 is 1.91 bits per heavy atom. The van der Waals surface area contributed by atoms with Crippen LogP contribution in [0.15, 0.2) is 82.6 Å². The number of aromatic nitrogens is 4. The monoisotopic (exact) mass is 453 g/mol. The van der Waals surface area contributed by atoms with Gasteiger partial charge in [-0.25, -0.2) is 9.78 Å². The van der Waals surface area contributed by atoms with Crippen LogP contribution in [0.5, 0.6) is 0 Å². The third kappa shape index (κ3) is 3.65. The number of hydrogen-bond donors (Lipinski definition) is 4. The lowest BCUT2D eigenvalue weighted by Crippen LogP contribution is -2.13. The summed E-state index contributed by atoms with van der Waals surface area (Å²) in [6.45, 7) is 0.205. The van der Waals surface area contributed by atoms with Gasteiger partial charge in [-0.3, -0.25) is 9.59 Å². The van der Waals surface area contributed by atoms with Gasteiger partial charge < -0.3 is 25.4 Å². The number of fused-ring (bicyclic) bond motifs is 1. The minimum absolute atomic E-state index is 0.0270. The van der Waals surface area contributed by atoms with E-state index >= 15 is 0 Å². The number of carbonyl (C=O) groups is 1. The molecule has 5 aromatic rings. The number of pyridine rings is 3. The van der Waals surface area contributed by atoms with Gasteiger partial charge in [0.1, 0.15) is 11.5 Å². The number of carboxylic acid groups (broad SMARTS) is 1. The predicted molar refractivity (Wildman–Crippen MR) is 129 cm³/mol. The Morgan fingerprint density at radius 3 is 2.65 bits per heavy atom. The minimum atomic E-state index is -1.17. The van der Waals surface area contributed by atoms with E-state index in [1.165, 1.54) is 12.3 Å². The van der Waals surface area contributed by atoms with Crippen molar-refractivity contribution < 1.29 is 9.90 Å². The molecule has 0 aliphatic rings. The summed E-state index contributed by atoms with van der Waals surface area (Å²) >= 11 is 0. The van der Waals surface area contributed by atoms with Gasteiger partial charge >= 0.3 is 5.97 Å². The second-order valence-corrected chi connectivity index (χ2v) is 7.78. The topological polar surface area (TPSA) is 147 Å². The number of aromatic carboxylic acids is 1. The number of rotatable bonds is 5. The van der Waals surface area contributed by atoms with Gasteiger partial charge in [0, 0.05) is 52.7 Å². The molecule has 0 radical (unpaired) electrons. The Hall–Kier alpha value is -4.92. The molecule has 5 N–H and O–H groups in total. The quantitative estimate of drug-likeness (QED) is 0.322. The van der Waals surface area contributed by atoms with Crippen LogP contribution in [0.4, 0.5) is 5.82 Å². The van der Waals surface area contributed by atoms with E-state index in [9.17, 15) is 19.5 Å². The zero-order valence-electron chi connectivity index (χ0n) is 17.8. The molecule has 0 saturated heterocycles. The molecule has 5 rings (SSSR count). The highest BCUT2D eigenvalue weighted by atomic mass is 16.4. The summed E-state index contributed by atoms with van der Waals surface area (Å²) in [4.78, 5) is 46.5. The Labute approximate surface area is 192 Å². The maximum atomic E-state index is 12.7. The SMILES string of the molecule is Nc1cc(Cn2c(C(=O)O)c(-c3ccc[nH]c3=O)c3cc(-c4cccc(=O)[nH]4)ccc32)ccn1. The van der Waals surface area contributed by atoms with Crippen molar-refractivity contribution in [2.45, 2.75) is 6.54 Å². The number of carboxylic acids is 1. The van der Waals surface area contributed by atoms with Crippen LogP contribution in [-0.2, 0) is 6.54 Å². The predicted octanol–water partition coefficient (Wildman–Crippen LogP) is 3.08. The molecule has 0 amide bonds. The molecule has 34 heavy (non-hydrogen) atoms. The van der Waals surface area contributed by atoms with E-state index in [-0.39, 0.29) is 23.4 Å². The summed E-state index contributed by atoms with van der Waals surface area (Å²) in [5, 5.41) is 10.8. The first-order valence-electron chi connectivity index (χ1n) is 10.4. The van der Waals surface area contributed by atoms with Gasteiger partial charge in [-0.15, -0.1) is 0 Å². The van der Waals surface area contributed by atoms with Crippen molar-refractivity contribution in [3.8, 4) is 22.4 Å². The molecule has 0 saturated carbocycles. The van der Waals surface area contributed by atoms with Gasteiger partial charge in [0.2, 0.25) is 5.56 Å². The summed E-state index contributed by atoms with van der Waals surface area (Å²) in [5.74, 6) is -0.855. The number of nitrogens with zero attached hydrogens (tertiary/aromatic N) is 2. The summed E-state index contributed by atoms with van der Waals surface area (Å²) < 4.78 is 1.64. The molecule has 0 spiro atoms. The summed E-state index contributed by atoms with van der Waals surface area (Å²) in [7, 11) is 0. The fourth-order valence-corrected chi connectivity index (χ4v) is 4.19. The van der Waals surface area contributed by atoms with E-state index in [1.54, 1.807) is 65.4 Å². The molecule has 1 aromatic carbocycles. The molecule has 0 fully saturated rings. The number of nitrogens with two attached hydrogens (primary N) is 1. The van der Waals surface area contributed by atoms with Crippen molar-refractivity contribution in [2.75, 3.05) is 5.73 Å². The molecule has 0 unspecified atom stereocenters. The van der Waals surface area contributed by atoms with Crippen LogP contribution in [0.25, 0.3) is 33.3 Å². The van der Waals surface area contributed by atoms with Crippen LogP contribution < -0.4 is 16.9 Å². The van der Waals surface area contributed by atoms with Crippen LogP contribution in [0.3, 0.4) is 0 Å². The maximum Gasteiger partial charge on any atom is 0.353 e. The number of anilines is 1. The zero-order valence-corrected chi connectivity index (χ0v) is 17.8. The van der Waals surface area contributed by atoms with Crippen LogP contribution in [0.2, 0.25) is 0 Å². The number of hydrogen-bond acceptors (Lipinski definition) is 5. The number of nitrogen functional groups attached to an aromatic ring is 1. The molecular formula is C25H19N5O4. The molecule has 0 atom stereocenters. The van der Waals surface area contributed by atoms with Crippen molar-refractivity contribution in [2.24, 2.45) is 0 Å². The molecule has 4 aromatic heterocycles. The first-order chi connectivity index (χ1) is 16.4. The van der Waals surface area contributed by atoms with Crippen LogP contribution >= 0.6 is 0 Å². The third-order valence-corrected chi connectivity index (χ3v) is 5.62. The number of nitrogens with one attached hydrogen (secondary N) is 2. The van der Waals surface area contributed by atoms with E-state index in [0.29, 0.717) is 33.5 Å². The lowest BCUT2D eigenvalue weighted by Gasteiger charge is -2.10. The Morgan fingerprint density at radius 1 is 1.06 bits per heavy atom. The molecule has 0 bridgehead atoms. The molecule has 0 aliphatic heterocycles. The number of H-pyrrole nitrogens is 2. The summed E-state index contributed by atoms with van der Waals surface area (Å²) in [5.41, 5.74) is 8.31. The van der Waals surface area contributed by atoms with E-state index < -0.39 is 11.5 Å². The maximum absolute atomic E-state index is 12.7. The lowest BCUT2D eigenvalue weighted by atomic mass is 10.0. The van der Waals surface area contributed by atoms with Crippen LogP contribution in [0, 0.1) is 0 Å². The molecule has 168 valence electrons. The standard InChI is InChI=1S/C25H19N5O4/c26-20-11-14(8-10-27-20)13-30-19-7-6-15(18-4-1-5-21(31)29-18)12-17(19)22(23(30)25(33)34)16-3-2-9-28-24(16)32/h1-12H,13H2,(H2,26,27)(H,28,32)(H,29,31)(H,33,34). The average Bonchev–Trinajstić information content (AvgIpc) is 3.13. The molecule has 4 heterocycles. The van der Waals surface area contributed by atoms with Gasteiger partial charge in [0.05, 0.1) is 0 Å². The number of aromatic amines is 2. The van der Waals surface area contributed by atoms with Gasteiger partial charge in [0.25, 0.3) is 5.56 Å². The Kier molecular flexibility index (Phi) is 5.06. The van der Waals surface area contributed by atoms with Crippen molar-refractivity contribution in [1.82, 2.24) is 19.5 Å². The van der Waals surface area contributed by atoms with Gasteiger partial charge in [0.15, 0.2) is 0 Å². The lowest BCUT2D eigenvalue weighted by molar-refractivity contribution is 0.0687. The fourth-order valence-electron chi connectivity index (χ4n) is 4.19. The second-order valence-electron chi connectivity index (χ2n) is 7.78. The summed E-state index contributed by atoms with van der Waals surface area (Å²) in [6, 6.07) is 16.8. The smallest absolute Gasteiger partial charge is 0.353 e. The summed E-state index contributed by atoms with van der Waals surface area (Å²) in [6.07, 6.45) is 3.05. The molecule has 9 nitrogen and oxygen atoms in total. The van der Waals surface area contributed by atoms with Gasteiger partial charge in [-0.1, -0.05) is 12.1 Å². The largest absolute Gasteiger partial charge is 0.477 e. The highest BCUT2D eigenvalue weighted by Crippen LogP contribution is 2.36. The first-order valence-corrected chi connectivity index (χ1v) is 10.4. The van der Waals surface area contributed by atoms with Crippen LogP contribution in [-0.4, -0.2) is 30.6 Å². The van der Waals surface area contributed by atoms with Crippen LogP contribution in [0.1, 0.15) is 16.1 Å². The van der Waals surface area contributed by atoms with Gasteiger partial charge in [-0.05, 0) is 53.6 Å². The minimum Gasteiger partial charge on any atom is -0.477 e. The normalized spacial score (nSPS) is 11.1. The number of benzene rings is 1. The van der Waals surface area contributed by atoms with E-state index in [0.717, 1.165) is 5.56 Å². The van der Waals surface area contributed by atoms with E-state index in [4.69, 9.17) is 5.73 Å². The Balaban J connectivity index is 1.85. The molecular weight excluding hydrogens is 434 g/mol. The third-order valence-electron chi connectivity index (χ3n) is 5.62. The van der Waals surface area contributed by atoms with Crippen molar-refractivity contribution in [3.05, 3.63) is 105 Å². The second kappa shape index (κ2) is 8.21. The van der Waals surface area contributed by atoms with E-state index in [2.05, 4.69) is 15.0 Å². The first kappa shape index (κ1) is 21.0. The highest BCUT2D eigenvalue weighted by Gasteiger charge is 2.25. The highest BCUT2D eigenvalue weighted by molar-refractivity contribution is 6.09. The van der Waals surface area contributed by atoms with Crippen molar-refractivity contribution in [3.63, 3.8) is 0 Å². The van der Waals surface area contributed by atoms with Crippen molar-refractivity contribution >= 4 is 22.7 Å². The molecule has 9 heteroatoms. The van der Waals surface area contributed by atoms with Gasteiger partial charge in [-0.2, -0.15) is 0 Å². The fraction of sp³-hybridized carbons (Fsp3) is 0.0400. The van der Waals surface area contributed by atoms with E-state index in [1.807, 2.05) is 0 Å². The zero-order chi connectivity index (χ0) is 23.8. The molecule has 0 aliphatic carbocycles. The average molecular weight is 453 g/mol. The van der Waals surface area contributed by atoms with Crippen molar-refractivity contribution in [1.29, 1.82) is 0 Å². The Bertz CT molecular complexity index is 1680.